The highest BCUT2D eigenvalue weighted by Crippen LogP contribution is 2.28. The number of hydrogen-bond acceptors (Lipinski definition) is 6. The first-order valence-corrected chi connectivity index (χ1v) is 8.35. The Morgan fingerprint density at radius 2 is 1.25 bits per heavy atom. The molecule has 0 unspecified atom stereocenters. The van der Waals surface area contributed by atoms with E-state index in [0.29, 0.717) is 11.4 Å². The Hall–Kier alpha value is -1.66. The van der Waals surface area contributed by atoms with Gasteiger partial charge in [0.05, 0.1) is 0 Å². The van der Waals surface area contributed by atoms with Crippen molar-refractivity contribution in [3.05, 3.63) is 59.2 Å². The number of carbonyl (C=O) groups excluding carboxylic acids is 2. The summed E-state index contributed by atoms with van der Waals surface area (Å²) in [4.78, 5) is 29.0. The Kier molecular flexibility index (Phi) is 5.76. The predicted octanol–water partition coefficient (Wildman–Crippen LogP) is 3.18. The molecule has 0 aliphatic heterocycles. The lowest BCUT2D eigenvalue weighted by atomic mass is 10.3. The van der Waals surface area contributed by atoms with Gasteiger partial charge in [-0.15, -0.1) is 0 Å². The van der Waals surface area contributed by atoms with Gasteiger partial charge in [0.1, 0.15) is 11.4 Å². The van der Waals surface area contributed by atoms with Crippen LogP contribution in [0.1, 0.15) is 32.1 Å². The van der Waals surface area contributed by atoms with E-state index in [4.69, 9.17) is 0 Å². The smallest absolute Gasteiger partial charge is 0.168 e. The average molecular weight is 304 g/mol. The monoisotopic (exact) mass is 304 g/mol. The first-order chi connectivity index (χ1) is 9.81. The summed E-state index contributed by atoms with van der Waals surface area (Å²) in [5.41, 5.74) is 3.07. The Balaban J connectivity index is 1.74. The molecule has 0 amide bonds. The Labute approximate surface area is 124 Å². The highest BCUT2D eigenvalue weighted by atomic mass is 33.1. The second kappa shape index (κ2) is 7.81. The third-order valence-electron chi connectivity index (χ3n) is 2.47. The molecular weight excluding hydrogens is 292 g/mol. The molecule has 2 aromatic heterocycles. The Morgan fingerprint density at radius 1 is 0.800 bits per heavy atom. The molecule has 2 rings (SSSR count). The molecule has 0 spiro atoms. The van der Waals surface area contributed by atoms with Gasteiger partial charge in [-0.3, -0.25) is 19.6 Å². The third kappa shape index (κ3) is 4.47. The topological polar surface area (TPSA) is 59.9 Å². The fraction of sp³-hybridized carbons (Fsp3) is 0.143. The van der Waals surface area contributed by atoms with Crippen LogP contribution in [0.5, 0.6) is 0 Å². The van der Waals surface area contributed by atoms with Crippen LogP contribution in [0.15, 0.2) is 36.7 Å². The van der Waals surface area contributed by atoms with Crippen LogP contribution in [0.2, 0.25) is 0 Å². The second-order valence-corrected chi connectivity index (χ2v) is 6.41. The number of rotatable bonds is 7. The van der Waals surface area contributed by atoms with Crippen molar-refractivity contribution in [2.75, 3.05) is 0 Å². The summed E-state index contributed by atoms with van der Waals surface area (Å²) in [6.07, 6.45) is 4.92. The quantitative estimate of drug-likeness (QED) is 0.445. The van der Waals surface area contributed by atoms with Gasteiger partial charge in [0.15, 0.2) is 12.6 Å². The normalized spacial score (nSPS) is 10.2. The molecule has 2 heterocycles. The van der Waals surface area contributed by atoms with Crippen LogP contribution in [-0.2, 0) is 11.5 Å². The van der Waals surface area contributed by atoms with Crippen LogP contribution in [0.3, 0.4) is 0 Å². The van der Waals surface area contributed by atoms with Gasteiger partial charge in [0, 0.05) is 23.9 Å². The van der Waals surface area contributed by atoms with Crippen molar-refractivity contribution < 1.29 is 9.59 Å². The van der Waals surface area contributed by atoms with Crippen LogP contribution < -0.4 is 0 Å². The molecule has 0 N–H and O–H groups in total. The highest BCUT2D eigenvalue weighted by Gasteiger charge is 1.99. The van der Waals surface area contributed by atoms with E-state index in [1.165, 1.54) is 0 Å². The molecular formula is C14H12N2O2S2. The van der Waals surface area contributed by atoms with Gasteiger partial charge in [-0.2, -0.15) is 0 Å². The van der Waals surface area contributed by atoms with E-state index in [9.17, 15) is 9.59 Å². The third-order valence-corrected chi connectivity index (χ3v) is 4.75. The van der Waals surface area contributed by atoms with E-state index in [0.717, 1.165) is 35.2 Å². The molecule has 0 aromatic carbocycles. The summed E-state index contributed by atoms with van der Waals surface area (Å²) in [6, 6.07) is 7.25. The summed E-state index contributed by atoms with van der Waals surface area (Å²) < 4.78 is 0. The minimum atomic E-state index is 0.452. The molecule has 4 nitrogen and oxygen atoms in total. The highest BCUT2D eigenvalue weighted by molar-refractivity contribution is 8.76. The lowest BCUT2D eigenvalue weighted by Crippen LogP contribution is -1.89. The lowest BCUT2D eigenvalue weighted by Gasteiger charge is -2.02. The molecule has 0 saturated heterocycles. The van der Waals surface area contributed by atoms with E-state index in [2.05, 4.69) is 9.97 Å². The molecule has 0 aliphatic carbocycles. The van der Waals surface area contributed by atoms with Crippen LogP contribution in [0.4, 0.5) is 0 Å². The van der Waals surface area contributed by atoms with E-state index >= 15 is 0 Å². The zero-order chi connectivity index (χ0) is 14.2. The van der Waals surface area contributed by atoms with Crippen molar-refractivity contribution in [2.45, 2.75) is 11.5 Å². The summed E-state index contributed by atoms with van der Waals surface area (Å²) in [5.74, 6) is 1.66. The molecule has 6 heteroatoms. The number of nitrogens with zero attached hydrogens (tertiary/aromatic N) is 2. The summed E-state index contributed by atoms with van der Waals surface area (Å²) in [5, 5.41) is 0. The molecule has 0 fully saturated rings. The van der Waals surface area contributed by atoms with E-state index in [1.54, 1.807) is 46.1 Å². The van der Waals surface area contributed by atoms with Crippen molar-refractivity contribution in [1.82, 2.24) is 9.97 Å². The SMILES string of the molecule is O=Cc1ccc(CSSCc2ccc(C=O)nc2)cn1. The number of hydrogen-bond donors (Lipinski definition) is 0. The molecule has 0 saturated carbocycles. The van der Waals surface area contributed by atoms with Gasteiger partial charge < -0.3 is 0 Å². The number of carbonyl (C=O) groups is 2. The van der Waals surface area contributed by atoms with Gasteiger partial charge >= 0.3 is 0 Å². The summed E-state index contributed by atoms with van der Waals surface area (Å²) >= 11 is 0. The van der Waals surface area contributed by atoms with Crippen molar-refractivity contribution in [3.8, 4) is 0 Å². The van der Waals surface area contributed by atoms with Crippen molar-refractivity contribution in [2.24, 2.45) is 0 Å². The fourth-order valence-corrected chi connectivity index (χ4v) is 3.50. The predicted molar refractivity (Wildman–Crippen MR) is 81.8 cm³/mol. The minimum absolute atomic E-state index is 0.452. The Morgan fingerprint density at radius 3 is 1.55 bits per heavy atom. The van der Waals surface area contributed by atoms with Gasteiger partial charge in [-0.1, -0.05) is 33.7 Å². The molecule has 102 valence electrons. The maximum absolute atomic E-state index is 10.5. The molecule has 0 atom stereocenters. The van der Waals surface area contributed by atoms with Gasteiger partial charge in [0.2, 0.25) is 0 Å². The summed E-state index contributed by atoms with van der Waals surface area (Å²) in [7, 11) is 3.43. The largest absolute Gasteiger partial charge is 0.296 e. The van der Waals surface area contributed by atoms with Crippen LogP contribution in [-0.4, -0.2) is 22.5 Å². The number of pyridine rings is 2. The zero-order valence-electron chi connectivity index (χ0n) is 10.6. The van der Waals surface area contributed by atoms with Crippen molar-refractivity contribution in [3.63, 3.8) is 0 Å². The summed E-state index contributed by atoms with van der Waals surface area (Å²) in [6.45, 7) is 0. The average Bonchev–Trinajstić information content (AvgIpc) is 2.53. The van der Waals surface area contributed by atoms with Gasteiger partial charge in [-0.25, -0.2) is 0 Å². The van der Waals surface area contributed by atoms with Crippen molar-refractivity contribution in [1.29, 1.82) is 0 Å². The van der Waals surface area contributed by atoms with Gasteiger partial charge in [-0.05, 0) is 23.3 Å². The minimum Gasteiger partial charge on any atom is -0.296 e. The first-order valence-electron chi connectivity index (χ1n) is 5.86. The van der Waals surface area contributed by atoms with E-state index in [-0.39, 0.29) is 0 Å². The van der Waals surface area contributed by atoms with Gasteiger partial charge in [0.25, 0.3) is 0 Å². The Bertz CT molecular complexity index is 517. The molecule has 0 radical (unpaired) electrons. The molecule has 20 heavy (non-hydrogen) atoms. The number of aromatic nitrogens is 2. The number of aldehydes is 2. The maximum atomic E-state index is 10.5. The maximum Gasteiger partial charge on any atom is 0.168 e. The van der Waals surface area contributed by atoms with Crippen LogP contribution in [0.25, 0.3) is 0 Å². The van der Waals surface area contributed by atoms with Crippen molar-refractivity contribution >= 4 is 34.2 Å². The molecule has 0 bridgehead atoms. The van der Waals surface area contributed by atoms with E-state index in [1.807, 2.05) is 12.1 Å². The molecule has 2 aromatic rings. The van der Waals surface area contributed by atoms with Crippen LogP contribution in [0, 0.1) is 0 Å². The van der Waals surface area contributed by atoms with Crippen LogP contribution >= 0.6 is 21.6 Å². The lowest BCUT2D eigenvalue weighted by molar-refractivity contribution is 0.111. The first kappa shape index (κ1) is 14.7. The standard InChI is InChI=1S/C14H12N2O2S2/c17-7-13-3-1-11(5-15-13)9-19-20-10-12-2-4-14(8-18)16-6-12/h1-8H,9-10H2. The zero-order valence-corrected chi connectivity index (χ0v) is 12.2. The second-order valence-electron chi connectivity index (χ2n) is 3.94. The molecule has 0 aliphatic rings. The fourth-order valence-electron chi connectivity index (χ4n) is 1.40. The van der Waals surface area contributed by atoms with E-state index < -0.39 is 0 Å².